The van der Waals surface area contributed by atoms with Gasteiger partial charge >= 0.3 is 0 Å². The van der Waals surface area contributed by atoms with Gasteiger partial charge < -0.3 is 15.4 Å². The van der Waals surface area contributed by atoms with Crippen LogP contribution >= 0.6 is 0 Å². The summed E-state index contributed by atoms with van der Waals surface area (Å²) in [5.41, 5.74) is 8.06. The maximum absolute atomic E-state index is 12.5. The Labute approximate surface area is 129 Å². The summed E-state index contributed by atoms with van der Waals surface area (Å²) in [7, 11) is 3.39. The molecule has 0 saturated heterocycles. The van der Waals surface area contributed by atoms with Crippen molar-refractivity contribution in [1.29, 1.82) is 0 Å². The number of amides is 1. The Morgan fingerprint density at radius 2 is 2.05 bits per heavy atom. The molecule has 1 aromatic carbocycles. The second-order valence-corrected chi connectivity index (χ2v) is 5.05. The lowest BCUT2D eigenvalue weighted by atomic mass is 10.0. The Kier molecular flexibility index (Phi) is 4.60. The number of aryl methyl sites for hydroxylation is 1. The van der Waals surface area contributed by atoms with Crippen molar-refractivity contribution in [3.8, 4) is 17.0 Å². The molecule has 1 amide bonds. The average Bonchev–Trinajstić information content (AvgIpc) is 2.46. The van der Waals surface area contributed by atoms with Crippen LogP contribution in [0.15, 0.2) is 24.3 Å². The molecule has 2 N–H and O–H groups in total. The second kappa shape index (κ2) is 6.43. The van der Waals surface area contributed by atoms with E-state index in [-0.39, 0.29) is 11.9 Å². The lowest BCUT2D eigenvalue weighted by Crippen LogP contribution is -2.24. The van der Waals surface area contributed by atoms with Gasteiger partial charge in [-0.1, -0.05) is 12.1 Å². The Morgan fingerprint density at radius 3 is 2.68 bits per heavy atom. The van der Waals surface area contributed by atoms with Crippen LogP contribution in [0.1, 0.15) is 23.0 Å². The predicted octanol–water partition coefficient (Wildman–Crippen LogP) is 2.13. The highest BCUT2D eigenvalue weighted by atomic mass is 16.5. The van der Waals surface area contributed by atoms with Crippen molar-refractivity contribution in [3.05, 3.63) is 35.5 Å². The first-order valence-corrected chi connectivity index (χ1v) is 7.03. The van der Waals surface area contributed by atoms with Crippen LogP contribution < -0.4 is 10.5 Å². The largest absolute Gasteiger partial charge is 0.494 e. The molecule has 0 aliphatic carbocycles. The quantitative estimate of drug-likeness (QED) is 0.935. The van der Waals surface area contributed by atoms with Gasteiger partial charge in [0, 0.05) is 19.7 Å². The lowest BCUT2D eigenvalue weighted by molar-refractivity contribution is 0.0827. The molecule has 0 radical (unpaired) electrons. The Balaban J connectivity index is 2.63. The van der Waals surface area contributed by atoms with Crippen molar-refractivity contribution >= 4 is 11.9 Å². The molecule has 0 saturated carbocycles. The number of anilines is 1. The minimum atomic E-state index is -0.158. The molecular weight excluding hydrogens is 280 g/mol. The Hall–Kier alpha value is -2.63. The smallest absolute Gasteiger partial charge is 0.257 e. The molecule has 0 aliphatic heterocycles. The second-order valence-electron chi connectivity index (χ2n) is 5.05. The molecule has 0 atom stereocenters. The van der Waals surface area contributed by atoms with Crippen LogP contribution in [0.4, 0.5) is 5.95 Å². The molecule has 6 nitrogen and oxygen atoms in total. The summed E-state index contributed by atoms with van der Waals surface area (Å²) >= 11 is 0. The minimum absolute atomic E-state index is 0.143. The highest BCUT2D eigenvalue weighted by molar-refractivity contribution is 6.00. The molecular formula is C16H20N4O2. The number of nitrogen functional groups attached to an aromatic ring is 1. The van der Waals surface area contributed by atoms with E-state index in [0.29, 0.717) is 23.6 Å². The number of carbonyl (C=O) groups is 1. The Morgan fingerprint density at radius 1 is 1.32 bits per heavy atom. The summed E-state index contributed by atoms with van der Waals surface area (Å²) in [5, 5.41) is 0. The molecule has 0 fully saturated rings. The molecule has 0 aliphatic rings. The van der Waals surface area contributed by atoms with E-state index < -0.39 is 0 Å². The summed E-state index contributed by atoms with van der Waals surface area (Å²) in [6, 6.07) is 7.43. The highest BCUT2D eigenvalue weighted by Crippen LogP contribution is 2.28. The van der Waals surface area contributed by atoms with E-state index in [4.69, 9.17) is 10.5 Å². The fraction of sp³-hybridized carbons (Fsp3) is 0.312. The van der Waals surface area contributed by atoms with Crippen LogP contribution in [-0.2, 0) is 0 Å². The normalized spacial score (nSPS) is 10.4. The number of carbonyl (C=O) groups excluding carboxylic acids is 1. The summed E-state index contributed by atoms with van der Waals surface area (Å²) in [4.78, 5) is 22.3. The number of nitrogens with two attached hydrogens (primary N) is 1. The third-order valence-electron chi connectivity index (χ3n) is 3.15. The zero-order chi connectivity index (χ0) is 16.3. The summed E-state index contributed by atoms with van der Waals surface area (Å²) in [6.45, 7) is 4.24. The fourth-order valence-electron chi connectivity index (χ4n) is 2.18. The average molecular weight is 300 g/mol. The maximum atomic E-state index is 12.5. The molecule has 1 heterocycles. The van der Waals surface area contributed by atoms with E-state index in [1.165, 1.54) is 4.90 Å². The lowest BCUT2D eigenvalue weighted by Gasteiger charge is -2.16. The van der Waals surface area contributed by atoms with Gasteiger partial charge in [-0.15, -0.1) is 0 Å². The third kappa shape index (κ3) is 3.16. The van der Waals surface area contributed by atoms with E-state index in [0.717, 1.165) is 11.3 Å². The number of nitrogens with zero attached hydrogens (tertiary/aromatic N) is 3. The number of benzene rings is 1. The topological polar surface area (TPSA) is 81.3 Å². The van der Waals surface area contributed by atoms with Gasteiger partial charge in [-0.05, 0) is 26.0 Å². The monoisotopic (exact) mass is 300 g/mol. The molecule has 0 spiro atoms. The minimum Gasteiger partial charge on any atom is -0.494 e. The van der Waals surface area contributed by atoms with Gasteiger partial charge in [0.25, 0.3) is 5.91 Å². The van der Waals surface area contributed by atoms with E-state index >= 15 is 0 Å². The van der Waals surface area contributed by atoms with Gasteiger partial charge in [0.2, 0.25) is 5.95 Å². The molecule has 1 aromatic heterocycles. The first-order valence-electron chi connectivity index (χ1n) is 7.03. The van der Waals surface area contributed by atoms with Crippen LogP contribution in [0.25, 0.3) is 11.3 Å². The van der Waals surface area contributed by atoms with Crippen molar-refractivity contribution in [2.45, 2.75) is 13.8 Å². The van der Waals surface area contributed by atoms with Gasteiger partial charge in [-0.3, -0.25) is 4.79 Å². The number of rotatable bonds is 4. The molecule has 2 aromatic rings. The van der Waals surface area contributed by atoms with E-state index in [1.54, 1.807) is 21.0 Å². The zero-order valence-electron chi connectivity index (χ0n) is 13.3. The summed E-state index contributed by atoms with van der Waals surface area (Å²) in [6.07, 6.45) is 0. The van der Waals surface area contributed by atoms with Gasteiger partial charge in [0.05, 0.1) is 23.6 Å². The van der Waals surface area contributed by atoms with Crippen molar-refractivity contribution in [3.63, 3.8) is 0 Å². The number of ether oxygens (including phenoxy) is 1. The number of hydrogen-bond acceptors (Lipinski definition) is 5. The van der Waals surface area contributed by atoms with Crippen LogP contribution in [0, 0.1) is 6.92 Å². The highest BCUT2D eigenvalue weighted by Gasteiger charge is 2.21. The number of hydrogen-bond donors (Lipinski definition) is 1. The fourth-order valence-corrected chi connectivity index (χ4v) is 2.18. The summed E-state index contributed by atoms with van der Waals surface area (Å²) in [5.74, 6) is 0.706. The zero-order valence-corrected chi connectivity index (χ0v) is 13.3. The molecule has 116 valence electrons. The van der Waals surface area contributed by atoms with Crippen molar-refractivity contribution in [2.24, 2.45) is 0 Å². The maximum Gasteiger partial charge on any atom is 0.257 e. The van der Waals surface area contributed by atoms with Crippen molar-refractivity contribution < 1.29 is 9.53 Å². The standard InChI is InChI=1S/C16H20N4O2/c1-5-22-12-8-6-7-11(9-12)14-13(15(21)20(3)4)10(2)18-16(17)19-14/h6-9H,5H2,1-4H3,(H2,17,18,19). The van der Waals surface area contributed by atoms with Gasteiger partial charge in [-0.2, -0.15) is 0 Å². The van der Waals surface area contributed by atoms with E-state index in [1.807, 2.05) is 31.2 Å². The van der Waals surface area contributed by atoms with Crippen molar-refractivity contribution in [2.75, 3.05) is 26.4 Å². The SMILES string of the molecule is CCOc1cccc(-c2nc(N)nc(C)c2C(=O)N(C)C)c1. The third-order valence-corrected chi connectivity index (χ3v) is 3.15. The first-order chi connectivity index (χ1) is 10.4. The summed E-state index contributed by atoms with van der Waals surface area (Å²) < 4.78 is 5.51. The van der Waals surface area contributed by atoms with E-state index in [9.17, 15) is 4.79 Å². The molecule has 6 heteroatoms. The predicted molar refractivity (Wildman–Crippen MR) is 85.8 cm³/mol. The molecule has 0 bridgehead atoms. The van der Waals surface area contributed by atoms with Crippen LogP contribution in [-0.4, -0.2) is 41.5 Å². The van der Waals surface area contributed by atoms with Crippen LogP contribution in [0.3, 0.4) is 0 Å². The van der Waals surface area contributed by atoms with Crippen LogP contribution in [0.2, 0.25) is 0 Å². The van der Waals surface area contributed by atoms with Crippen molar-refractivity contribution in [1.82, 2.24) is 14.9 Å². The molecule has 2 rings (SSSR count). The molecule has 0 unspecified atom stereocenters. The first kappa shape index (κ1) is 15.8. The number of aromatic nitrogens is 2. The van der Waals surface area contributed by atoms with Crippen LogP contribution in [0.5, 0.6) is 5.75 Å². The van der Waals surface area contributed by atoms with Gasteiger partial charge in [0.15, 0.2) is 0 Å². The Bertz CT molecular complexity index is 699. The van der Waals surface area contributed by atoms with Gasteiger partial charge in [-0.25, -0.2) is 9.97 Å². The molecule has 22 heavy (non-hydrogen) atoms. The van der Waals surface area contributed by atoms with Gasteiger partial charge in [0.1, 0.15) is 5.75 Å². The van der Waals surface area contributed by atoms with E-state index in [2.05, 4.69) is 9.97 Å².